The van der Waals surface area contributed by atoms with Gasteiger partial charge in [-0.05, 0) is 13.8 Å². The van der Waals surface area contributed by atoms with Gasteiger partial charge in [0.2, 0.25) is 0 Å². The molecular formula is C14H25N5OS. The number of hydrogen-bond donors (Lipinski definition) is 2. The molecule has 0 aromatic carbocycles. The first kappa shape index (κ1) is 16.2. The van der Waals surface area contributed by atoms with Gasteiger partial charge in [-0.1, -0.05) is 0 Å². The van der Waals surface area contributed by atoms with Crippen LogP contribution in [0, 0.1) is 6.92 Å². The minimum Gasteiger partial charge on any atom is -0.379 e. The minimum atomic E-state index is 0.684. The van der Waals surface area contributed by atoms with Gasteiger partial charge in [0.1, 0.15) is 0 Å². The molecule has 0 bridgehead atoms. The predicted octanol–water partition coefficient (Wildman–Crippen LogP) is 0.839. The van der Waals surface area contributed by atoms with Gasteiger partial charge in [0.15, 0.2) is 5.96 Å². The highest BCUT2D eigenvalue weighted by Crippen LogP contribution is 2.12. The highest BCUT2D eigenvalue weighted by atomic mass is 32.1. The van der Waals surface area contributed by atoms with Crippen molar-refractivity contribution in [1.82, 2.24) is 20.5 Å². The molecule has 1 aromatic heterocycles. The van der Waals surface area contributed by atoms with Crippen molar-refractivity contribution in [2.45, 2.75) is 20.4 Å². The van der Waals surface area contributed by atoms with Crippen molar-refractivity contribution in [3.05, 3.63) is 16.1 Å². The Morgan fingerprint density at radius 2 is 2.24 bits per heavy atom. The van der Waals surface area contributed by atoms with Crippen LogP contribution in [0.25, 0.3) is 0 Å². The molecule has 0 radical (unpaired) electrons. The van der Waals surface area contributed by atoms with Crippen molar-refractivity contribution in [3.8, 4) is 0 Å². The van der Waals surface area contributed by atoms with Crippen molar-refractivity contribution in [2.24, 2.45) is 4.99 Å². The van der Waals surface area contributed by atoms with Gasteiger partial charge in [-0.2, -0.15) is 0 Å². The van der Waals surface area contributed by atoms with Crippen LogP contribution in [0.15, 0.2) is 10.5 Å². The molecule has 6 nitrogen and oxygen atoms in total. The third kappa shape index (κ3) is 5.61. The minimum absolute atomic E-state index is 0.684. The average molecular weight is 311 g/mol. The number of nitrogens with zero attached hydrogens (tertiary/aromatic N) is 3. The number of rotatable bonds is 6. The second kappa shape index (κ2) is 8.96. The van der Waals surface area contributed by atoms with Crippen LogP contribution in [0.5, 0.6) is 0 Å². The largest absolute Gasteiger partial charge is 0.379 e. The first-order chi connectivity index (χ1) is 10.3. The summed E-state index contributed by atoms with van der Waals surface area (Å²) in [5.41, 5.74) is 2.95. The van der Waals surface area contributed by atoms with Crippen LogP contribution in [-0.2, 0) is 11.3 Å². The fraction of sp³-hybridized carbons (Fsp3) is 0.714. The molecule has 0 unspecified atom stereocenters. The predicted molar refractivity (Wildman–Crippen MR) is 86.9 cm³/mol. The Bertz CT molecular complexity index is 442. The van der Waals surface area contributed by atoms with Crippen molar-refractivity contribution in [1.29, 1.82) is 0 Å². The Balaban J connectivity index is 1.76. The number of ether oxygens (including phenoxy) is 1. The maximum absolute atomic E-state index is 5.35. The van der Waals surface area contributed by atoms with Gasteiger partial charge in [-0.3, -0.25) is 4.90 Å². The molecule has 0 saturated carbocycles. The molecule has 1 saturated heterocycles. The zero-order valence-corrected chi connectivity index (χ0v) is 13.7. The Kier molecular flexibility index (Phi) is 6.91. The quantitative estimate of drug-likeness (QED) is 0.602. The Hall–Kier alpha value is -1.18. The number of aliphatic imine (C=N–C) groups is 1. The molecule has 7 heteroatoms. The monoisotopic (exact) mass is 311 g/mol. The lowest BCUT2D eigenvalue weighted by Gasteiger charge is -2.26. The lowest BCUT2D eigenvalue weighted by atomic mass is 10.4. The van der Waals surface area contributed by atoms with Crippen molar-refractivity contribution < 1.29 is 4.74 Å². The summed E-state index contributed by atoms with van der Waals surface area (Å²) in [5.74, 6) is 0.874. The third-order valence-electron chi connectivity index (χ3n) is 3.39. The number of hydrogen-bond acceptors (Lipinski definition) is 5. The van der Waals surface area contributed by atoms with Gasteiger partial charge in [-0.15, -0.1) is 11.3 Å². The number of morpholine rings is 1. The van der Waals surface area contributed by atoms with E-state index in [9.17, 15) is 0 Å². The molecule has 1 aliphatic heterocycles. The average Bonchev–Trinajstić information content (AvgIpc) is 2.91. The third-order valence-corrected chi connectivity index (χ3v) is 4.31. The summed E-state index contributed by atoms with van der Waals surface area (Å²) in [6, 6.07) is 0. The summed E-state index contributed by atoms with van der Waals surface area (Å²) < 4.78 is 5.35. The molecule has 2 N–H and O–H groups in total. The highest BCUT2D eigenvalue weighted by molar-refractivity contribution is 7.09. The Labute approximate surface area is 130 Å². The van der Waals surface area contributed by atoms with Crippen molar-refractivity contribution in [3.63, 3.8) is 0 Å². The number of aryl methyl sites for hydroxylation is 1. The fourth-order valence-electron chi connectivity index (χ4n) is 2.13. The summed E-state index contributed by atoms with van der Waals surface area (Å²) >= 11 is 1.66. The van der Waals surface area contributed by atoms with E-state index in [0.717, 1.165) is 57.6 Å². The molecular weight excluding hydrogens is 286 g/mol. The van der Waals surface area contributed by atoms with E-state index < -0.39 is 0 Å². The van der Waals surface area contributed by atoms with E-state index in [1.807, 2.05) is 12.4 Å². The summed E-state index contributed by atoms with van der Waals surface area (Å²) in [6.45, 7) is 11.3. The zero-order valence-electron chi connectivity index (χ0n) is 12.9. The molecule has 0 aliphatic carbocycles. The smallest absolute Gasteiger partial charge is 0.191 e. The molecule has 0 atom stereocenters. The molecule has 21 heavy (non-hydrogen) atoms. The molecule has 0 spiro atoms. The molecule has 0 amide bonds. The molecule has 2 rings (SSSR count). The van der Waals surface area contributed by atoms with Gasteiger partial charge in [0.05, 0.1) is 31.0 Å². The molecule has 1 aromatic rings. The van der Waals surface area contributed by atoms with E-state index in [1.54, 1.807) is 11.3 Å². The van der Waals surface area contributed by atoms with Crippen LogP contribution in [0.4, 0.5) is 0 Å². The molecule has 118 valence electrons. The van der Waals surface area contributed by atoms with Crippen LogP contribution < -0.4 is 10.6 Å². The Morgan fingerprint density at radius 1 is 1.43 bits per heavy atom. The summed E-state index contributed by atoms with van der Waals surface area (Å²) in [5, 5.41) is 6.67. The van der Waals surface area contributed by atoms with Crippen LogP contribution in [0.1, 0.15) is 17.5 Å². The van der Waals surface area contributed by atoms with Crippen LogP contribution >= 0.6 is 11.3 Å². The Morgan fingerprint density at radius 3 is 2.90 bits per heavy atom. The number of guanidine groups is 1. The number of nitrogens with one attached hydrogen (secondary N) is 2. The van der Waals surface area contributed by atoms with Gasteiger partial charge in [0, 0.05) is 37.6 Å². The van der Waals surface area contributed by atoms with Gasteiger partial charge in [0.25, 0.3) is 0 Å². The first-order valence-electron chi connectivity index (χ1n) is 7.51. The normalized spacial score (nSPS) is 17.0. The molecule has 2 heterocycles. The number of aromatic nitrogens is 1. The fourth-order valence-corrected chi connectivity index (χ4v) is 2.83. The highest BCUT2D eigenvalue weighted by Gasteiger charge is 2.09. The van der Waals surface area contributed by atoms with E-state index in [0.29, 0.717) is 6.54 Å². The van der Waals surface area contributed by atoms with Gasteiger partial charge in [-0.25, -0.2) is 9.98 Å². The van der Waals surface area contributed by atoms with E-state index in [-0.39, 0.29) is 0 Å². The molecule has 1 aliphatic rings. The van der Waals surface area contributed by atoms with Crippen molar-refractivity contribution >= 4 is 17.3 Å². The second-order valence-corrected chi connectivity index (χ2v) is 5.88. The van der Waals surface area contributed by atoms with E-state index in [1.165, 1.54) is 4.88 Å². The number of thiazole rings is 1. The summed E-state index contributed by atoms with van der Waals surface area (Å²) in [7, 11) is 0. The van der Waals surface area contributed by atoms with Crippen LogP contribution in [-0.4, -0.2) is 61.8 Å². The zero-order chi connectivity index (χ0) is 14.9. The van der Waals surface area contributed by atoms with Crippen LogP contribution in [0.3, 0.4) is 0 Å². The summed E-state index contributed by atoms with van der Waals surface area (Å²) in [6.07, 6.45) is 0. The SMILES string of the molecule is CCNC(=NCc1scnc1C)NCCN1CCOCC1. The maximum Gasteiger partial charge on any atom is 0.191 e. The second-order valence-electron chi connectivity index (χ2n) is 4.94. The topological polar surface area (TPSA) is 61.8 Å². The van der Waals surface area contributed by atoms with E-state index in [4.69, 9.17) is 4.74 Å². The van der Waals surface area contributed by atoms with E-state index in [2.05, 4.69) is 32.4 Å². The van der Waals surface area contributed by atoms with Gasteiger partial charge < -0.3 is 15.4 Å². The first-order valence-corrected chi connectivity index (χ1v) is 8.38. The van der Waals surface area contributed by atoms with Gasteiger partial charge >= 0.3 is 0 Å². The summed E-state index contributed by atoms with van der Waals surface area (Å²) in [4.78, 5) is 12.5. The lowest BCUT2D eigenvalue weighted by molar-refractivity contribution is 0.0389. The van der Waals surface area contributed by atoms with Crippen molar-refractivity contribution in [2.75, 3.05) is 45.9 Å². The standard InChI is InChI=1S/C14H25N5OS/c1-3-15-14(17-10-13-12(2)18-11-21-13)16-4-5-19-6-8-20-9-7-19/h11H,3-10H2,1-2H3,(H2,15,16,17). The molecule has 1 fully saturated rings. The van der Waals surface area contributed by atoms with E-state index >= 15 is 0 Å². The maximum atomic E-state index is 5.35. The lowest BCUT2D eigenvalue weighted by Crippen LogP contribution is -2.44. The van der Waals surface area contributed by atoms with Crippen LogP contribution in [0.2, 0.25) is 0 Å².